The third kappa shape index (κ3) is 8.24. The summed E-state index contributed by atoms with van der Waals surface area (Å²) in [5.74, 6) is -0.114. The second-order valence-corrected chi connectivity index (χ2v) is 13.2. The van der Waals surface area contributed by atoms with Gasteiger partial charge in [-0.1, -0.05) is 84.9 Å². The molecule has 6 aromatic carbocycles. The van der Waals surface area contributed by atoms with E-state index in [0.29, 0.717) is 39.1 Å². The molecule has 0 aliphatic carbocycles. The van der Waals surface area contributed by atoms with E-state index in [9.17, 15) is 41.0 Å². The molecule has 59 heavy (non-hydrogen) atoms. The van der Waals surface area contributed by atoms with Gasteiger partial charge < -0.3 is 9.84 Å². The number of ether oxygens (including phenoxy) is 1. The molecular weight excluding hydrogens is 771 g/mol. The largest absolute Gasteiger partial charge is 0.508 e. The van der Waals surface area contributed by atoms with Gasteiger partial charge in [0.2, 0.25) is 0 Å². The van der Waals surface area contributed by atoms with E-state index in [1.54, 1.807) is 91.0 Å². The molecule has 0 aliphatic heterocycles. The van der Waals surface area contributed by atoms with Crippen LogP contribution in [0.3, 0.4) is 0 Å². The molecular formula is C47H30F6N2O4. The lowest BCUT2D eigenvalue weighted by molar-refractivity contribution is -0.137. The number of ketones is 2. The van der Waals surface area contributed by atoms with E-state index >= 15 is 0 Å². The number of carbonyl (C=O) groups excluding carboxylic acids is 2. The number of aromatic hydroxyl groups is 1. The van der Waals surface area contributed by atoms with Crippen molar-refractivity contribution in [2.75, 3.05) is 7.11 Å². The van der Waals surface area contributed by atoms with Crippen LogP contribution in [-0.4, -0.2) is 33.8 Å². The van der Waals surface area contributed by atoms with Crippen molar-refractivity contribution in [3.8, 4) is 33.8 Å². The molecule has 0 bridgehead atoms. The molecule has 0 fully saturated rings. The van der Waals surface area contributed by atoms with Crippen molar-refractivity contribution in [3.63, 3.8) is 0 Å². The zero-order chi connectivity index (χ0) is 41.9. The average molecular weight is 801 g/mol. The minimum atomic E-state index is -4.57. The van der Waals surface area contributed by atoms with Crippen LogP contribution in [0.15, 0.2) is 158 Å². The Balaban J connectivity index is 0.000000179. The molecule has 8 aromatic rings. The molecule has 2 aromatic heterocycles. The summed E-state index contributed by atoms with van der Waals surface area (Å²) < 4.78 is 86.2. The third-order valence-corrected chi connectivity index (χ3v) is 9.50. The van der Waals surface area contributed by atoms with E-state index in [0.717, 1.165) is 12.1 Å². The van der Waals surface area contributed by atoms with Crippen LogP contribution in [-0.2, 0) is 12.4 Å². The molecule has 12 heteroatoms. The predicted molar refractivity (Wildman–Crippen MR) is 212 cm³/mol. The summed E-state index contributed by atoms with van der Waals surface area (Å²) in [5.41, 5.74) is 1.10. The fourth-order valence-corrected chi connectivity index (χ4v) is 6.75. The monoisotopic (exact) mass is 800 g/mol. The molecule has 0 radical (unpaired) electrons. The Morgan fingerprint density at radius 1 is 0.508 bits per heavy atom. The second kappa shape index (κ2) is 16.3. The number of methoxy groups -OCH3 is 1. The summed E-state index contributed by atoms with van der Waals surface area (Å²) in [5, 5.41) is 9.98. The lowest BCUT2D eigenvalue weighted by atomic mass is 9.91. The van der Waals surface area contributed by atoms with Gasteiger partial charge in [-0.15, -0.1) is 0 Å². The van der Waals surface area contributed by atoms with Crippen LogP contribution in [0, 0.1) is 0 Å². The van der Waals surface area contributed by atoms with Gasteiger partial charge in [-0.2, -0.15) is 26.3 Å². The van der Waals surface area contributed by atoms with Crippen LogP contribution in [0.1, 0.15) is 43.0 Å². The van der Waals surface area contributed by atoms with Crippen molar-refractivity contribution in [1.29, 1.82) is 0 Å². The number of phenolic OH excluding ortho intramolecular Hbond substituents is 1. The zero-order valence-corrected chi connectivity index (χ0v) is 30.8. The van der Waals surface area contributed by atoms with E-state index in [1.807, 2.05) is 0 Å². The maximum absolute atomic E-state index is 13.5. The van der Waals surface area contributed by atoms with Crippen LogP contribution < -0.4 is 4.74 Å². The van der Waals surface area contributed by atoms with Crippen LogP contribution in [0.25, 0.3) is 44.1 Å². The summed E-state index contributed by atoms with van der Waals surface area (Å²) in [6, 6.07) is 37.6. The van der Waals surface area contributed by atoms with Crippen molar-refractivity contribution in [2.24, 2.45) is 0 Å². The molecule has 294 valence electrons. The number of carbonyl (C=O) groups is 2. The van der Waals surface area contributed by atoms with Gasteiger partial charge in [0.25, 0.3) is 0 Å². The quantitative estimate of drug-likeness (QED) is 0.128. The number of halogens is 6. The predicted octanol–water partition coefficient (Wildman–Crippen LogP) is 12.0. The molecule has 0 atom stereocenters. The standard InChI is InChI=1S/C24H16F3NO2.C23H14F3NO2/c1-30-17-12-10-16(11-13-17)23(29)19-14-28-22-18(8-5-9-20(22)24(25,26)27)21(19)15-6-3-2-4-7-15;24-23(25,26)19-8-4-7-17-20(14-5-2-1-3-6-14)18(13-27-21(17)19)22(29)15-9-11-16(28)12-10-15/h2-14H,1H3;1-13,28H. The van der Waals surface area contributed by atoms with Crippen LogP contribution >= 0.6 is 0 Å². The van der Waals surface area contributed by atoms with Gasteiger partial charge in [0.05, 0.1) is 29.3 Å². The maximum Gasteiger partial charge on any atom is 0.418 e. The first-order valence-electron chi connectivity index (χ1n) is 17.9. The lowest BCUT2D eigenvalue weighted by Crippen LogP contribution is -2.09. The maximum atomic E-state index is 13.5. The smallest absolute Gasteiger partial charge is 0.418 e. The highest BCUT2D eigenvalue weighted by atomic mass is 19.4. The minimum absolute atomic E-state index is 0.0105. The SMILES string of the molecule is COc1ccc(C(=O)c2cnc3c(C(F)(F)F)cccc3c2-c2ccccc2)cc1.O=C(c1ccc(O)cc1)c1cnc2c(C(F)(F)F)cccc2c1-c1ccccc1. The van der Waals surface area contributed by atoms with Gasteiger partial charge in [-0.05, 0) is 71.8 Å². The molecule has 0 aliphatic rings. The first-order chi connectivity index (χ1) is 28.3. The summed E-state index contributed by atoms with van der Waals surface area (Å²) >= 11 is 0. The van der Waals surface area contributed by atoms with E-state index < -0.39 is 29.3 Å². The number of hydrogen-bond donors (Lipinski definition) is 1. The van der Waals surface area contributed by atoms with Crippen molar-refractivity contribution in [3.05, 3.63) is 191 Å². The molecule has 2 heterocycles. The molecule has 0 saturated heterocycles. The highest BCUT2D eigenvalue weighted by molar-refractivity contribution is 6.18. The number of benzene rings is 6. The van der Waals surface area contributed by atoms with E-state index in [1.165, 1.54) is 62.0 Å². The number of pyridine rings is 2. The molecule has 8 rings (SSSR count). The molecule has 0 amide bonds. The van der Waals surface area contributed by atoms with Gasteiger partial charge in [-0.25, -0.2) is 0 Å². The van der Waals surface area contributed by atoms with Crippen molar-refractivity contribution >= 4 is 33.4 Å². The third-order valence-electron chi connectivity index (χ3n) is 9.50. The summed E-state index contributed by atoms with van der Waals surface area (Å²) in [4.78, 5) is 34.5. The fourth-order valence-electron chi connectivity index (χ4n) is 6.75. The molecule has 6 nitrogen and oxygen atoms in total. The molecule has 0 unspecified atom stereocenters. The summed E-state index contributed by atoms with van der Waals surface area (Å²) in [6.45, 7) is 0. The van der Waals surface area contributed by atoms with Crippen LogP contribution in [0.2, 0.25) is 0 Å². The van der Waals surface area contributed by atoms with Gasteiger partial charge in [0.15, 0.2) is 11.6 Å². The van der Waals surface area contributed by atoms with Crippen LogP contribution in [0.5, 0.6) is 11.5 Å². The highest BCUT2D eigenvalue weighted by Gasteiger charge is 2.35. The number of alkyl halides is 6. The number of aromatic nitrogens is 2. The van der Waals surface area contributed by atoms with E-state index in [2.05, 4.69) is 9.97 Å². The van der Waals surface area contributed by atoms with Gasteiger partial charge in [0, 0.05) is 56.5 Å². The van der Waals surface area contributed by atoms with Crippen molar-refractivity contribution in [1.82, 2.24) is 9.97 Å². The minimum Gasteiger partial charge on any atom is -0.508 e. The number of fused-ring (bicyclic) bond motifs is 2. The zero-order valence-electron chi connectivity index (χ0n) is 30.8. The summed E-state index contributed by atoms with van der Waals surface area (Å²) in [6.07, 6.45) is -6.70. The second-order valence-electron chi connectivity index (χ2n) is 13.2. The number of nitrogens with zero attached hydrogens (tertiary/aromatic N) is 2. The lowest BCUT2D eigenvalue weighted by Gasteiger charge is -2.15. The van der Waals surface area contributed by atoms with Crippen molar-refractivity contribution in [2.45, 2.75) is 12.4 Å². The van der Waals surface area contributed by atoms with Crippen LogP contribution in [0.4, 0.5) is 26.3 Å². The Morgan fingerprint density at radius 3 is 1.27 bits per heavy atom. The topological polar surface area (TPSA) is 89.4 Å². The number of phenols is 1. The molecule has 0 spiro atoms. The Kier molecular flexibility index (Phi) is 11.0. The fraction of sp³-hybridized carbons (Fsp3) is 0.0638. The Labute approximate surface area is 333 Å². The van der Waals surface area contributed by atoms with Crippen molar-refractivity contribution < 1.29 is 45.8 Å². The Morgan fingerprint density at radius 2 is 0.898 bits per heavy atom. The Bertz CT molecular complexity index is 2810. The normalized spacial score (nSPS) is 11.5. The Hall–Kier alpha value is -7.34. The van der Waals surface area contributed by atoms with E-state index in [4.69, 9.17) is 4.74 Å². The number of para-hydroxylation sites is 2. The van der Waals surface area contributed by atoms with Gasteiger partial charge >= 0.3 is 12.4 Å². The van der Waals surface area contributed by atoms with Gasteiger partial charge in [0.1, 0.15) is 11.5 Å². The number of rotatable bonds is 7. The molecule has 0 saturated carbocycles. The summed E-state index contributed by atoms with van der Waals surface area (Å²) in [7, 11) is 1.52. The van der Waals surface area contributed by atoms with E-state index in [-0.39, 0.29) is 44.5 Å². The number of hydrogen-bond acceptors (Lipinski definition) is 6. The average Bonchev–Trinajstić information content (AvgIpc) is 3.25. The molecule has 1 N–H and O–H groups in total. The van der Waals surface area contributed by atoms with Gasteiger partial charge in [-0.3, -0.25) is 19.6 Å². The highest BCUT2D eigenvalue weighted by Crippen LogP contribution is 2.41. The first kappa shape index (κ1) is 39.9. The first-order valence-corrected chi connectivity index (χ1v) is 17.9.